The van der Waals surface area contributed by atoms with Gasteiger partial charge in [-0.1, -0.05) is 6.07 Å². The molecule has 1 heterocycles. The van der Waals surface area contributed by atoms with Gasteiger partial charge in [-0.2, -0.15) is 22.0 Å². The van der Waals surface area contributed by atoms with Crippen LogP contribution in [0.4, 0.5) is 32.0 Å². The first-order valence-electron chi connectivity index (χ1n) is 9.69. The Hall–Kier alpha value is -3.88. The maximum atomic E-state index is 14.3. The molecule has 0 aliphatic rings. The monoisotopic (exact) mass is 534 g/mol. The second kappa shape index (κ2) is 10.4. The first-order chi connectivity index (χ1) is 16.8. The average molecular weight is 534 g/mol. The zero-order chi connectivity index (χ0) is 26.7. The van der Waals surface area contributed by atoms with Crippen LogP contribution in [0.3, 0.4) is 0 Å². The van der Waals surface area contributed by atoms with Crippen LogP contribution >= 0.6 is 0 Å². The highest BCUT2D eigenvalue weighted by Crippen LogP contribution is 2.33. The number of halogens is 6. The van der Waals surface area contributed by atoms with Crippen LogP contribution in [0.2, 0.25) is 0 Å². The number of carbonyl (C=O) groups is 1. The van der Waals surface area contributed by atoms with E-state index in [2.05, 4.69) is 24.6 Å². The molecule has 0 saturated heterocycles. The highest BCUT2D eigenvalue weighted by molar-refractivity contribution is 7.93. The smallest absolute Gasteiger partial charge is 0.435 e. The number of aromatic nitrogens is 2. The largest absolute Gasteiger partial charge is 0.435 e. The Morgan fingerprint density at radius 2 is 1.83 bits per heavy atom. The van der Waals surface area contributed by atoms with Crippen LogP contribution in [0.25, 0.3) is 0 Å². The number of alkyl halides is 5. The molecule has 8 nitrogen and oxygen atoms in total. The van der Waals surface area contributed by atoms with E-state index in [9.17, 15) is 35.3 Å². The van der Waals surface area contributed by atoms with Crippen molar-refractivity contribution in [3.63, 3.8) is 0 Å². The van der Waals surface area contributed by atoms with E-state index in [1.54, 1.807) is 0 Å². The van der Waals surface area contributed by atoms with Crippen molar-refractivity contribution < 1.29 is 44.8 Å². The number of hydrogen-bond donors (Lipinski definition) is 1. The zero-order valence-corrected chi connectivity index (χ0v) is 19.2. The molecule has 1 atom stereocenters. The van der Waals surface area contributed by atoms with Crippen molar-refractivity contribution in [1.29, 1.82) is 0 Å². The third kappa shape index (κ3) is 6.41. The lowest BCUT2D eigenvalue weighted by molar-refractivity contribution is -0.141. The molecule has 192 valence electrons. The van der Waals surface area contributed by atoms with Crippen LogP contribution in [-0.4, -0.2) is 40.2 Å². The van der Waals surface area contributed by atoms with Crippen molar-refractivity contribution in [2.24, 2.45) is 4.36 Å². The highest BCUT2D eigenvalue weighted by Gasteiger charge is 2.35. The van der Waals surface area contributed by atoms with E-state index in [4.69, 9.17) is 4.74 Å². The quantitative estimate of drug-likeness (QED) is 0.409. The fraction of sp³-hybridized carbons (Fsp3) is 0.190. The number of nitrogens with zero attached hydrogens (tertiary/aromatic N) is 3. The Kier molecular flexibility index (Phi) is 7.71. The topological polar surface area (TPSA) is 103 Å². The SMILES string of the molecule is CN=S(C)(=O)c1cccc(NC(=O)c2cc(C(F)(F)F)nnc2Oc2ccc(OC(F)F)cc2F)c1. The first kappa shape index (κ1) is 26.7. The minimum atomic E-state index is -4.98. The number of benzene rings is 2. The van der Waals surface area contributed by atoms with Crippen molar-refractivity contribution in [3.8, 4) is 17.4 Å². The Bertz CT molecular complexity index is 1410. The number of ether oxygens (including phenoxy) is 2. The number of anilines is 1. The maximum absolute atomic E-state index is 14.3. The summed E-state index contributed by atoms with van der Waals surface area (Å²) in [5.41, 5.74) is -2.24. The van der Waals surface area contributed by atoms with Crippen molar-refractivity contribution in [3.05, 3.63) is 65.6 Å². The number of hydrogen-bond acceptors (Lipinski definition) is 7. The zero-order valence-electron chi connectivity index (χ0n) is 18.3. The summed E-state index contributed by atoms with van der Waals surface area (Å²) in [6.45, 7) is -3.22. The fourth-order valence-electron chi connectivity index (χ4n) is 2.72. The van der Waals surface area contributed by atoms with Crippen LogP contribution in [0.15, 0.2) is 57.8 Å². The lowest BCUT2D eigenvalue weighted by Gasteiger charge is -2.14. The van der Waals surface area contributed by atoms with Crippen molar-refractivity contribution in [2.75, 3.05) is 18.6 Å². The van der Waals surface area contributed by atoms with Gasteiger partial charge in [-0.15, -0.1) is 10.2 Å². The van der Waals surface area contributed by atoms with Crippen LogP contribution < -0.4 is 14.8 Å². The second-order valence-electron chi connectivity index (χ2n) is 6.99. The molecule has 0 spiro atoms. The third-order valence-electron chi connectivity index (χ3n) is 4.51. The molecule has 1 N–H and O–H groups in total. The summed E-state index contributed by atoms with van der Waals surface area (Å²) in [4.78, 5) is 13.1. The van der Waals surface area contributed by atoms with Gasteiger partial charge in [-0.25, -0.2) is 13.0 Å². The molecule has 1 amide bonds. The summed E-state index contributed by atoms with van der Waals surface area (Å²) in [5, 5.41) is 8.54. The number of amides is 1. The first-order valence-corrected chi connectivity index (χ1v) is 11.6. The van der Waals surface area contributed by atoms with Crippen molar-refractivity contribution in [1.82, 2.24) is 10.2 Å². The lowest BCUT2D eigenvalue weighted by Crippen LogP contribution is -2.18. The predicted octanol–water partition coefficient (Wildman–Crippen LogP) is 5.37. The van der Waals surface area contributed by atoms with Crippen LogP contribution in [-0.2, 0) is 15.9 Å². The molecule has 1 aromatic heterocycles. The molecule has 1 unspecified atom stereocenters. The third-order valence-corrected chi connectivity index (χ3v) is 6.33. The molecule has 36 heavy (non-hydrogen) atoms. The summed E-state index contributed by atoms with van der Waals surface area (Å²) >= 11 is 0. The van der Waals surface area contributed by atoms with Gasteiger partial charge >= 0.3 is 12.8 Å². The molecule has 0 bridgehead atoms. The van der Waals surface area contributed by atoms with E-state index in [1.807, 2.05) is 0 Å². The predicted molar refractivity (Wildman–Crippen MR) is 115 cm³/mol. The average Bonchev–Trinajstić information content (AvgIpc) is 2.80. The van der Waals surface area contributed by atoms with Gasteiger partial charge in [-0.3, -0.25) is 4.79 Å². The minimum Gasteiger partial charge on any atom is -0.435 e. The minimum absolute atomic E-state index is 0.0618. The van der Waals surface area contributed by atoms with E-state index in [-0.39, 0.29) is 10.6 Å². The maximum Gasteiger partial charge on any atom is 0.435 e. The van der Waals surface area contributed by atoms with Gasteiger partial charge in [0, 0.05) is 30.0 Å². The van der Waals surface area contributed by atoms with E-state index in [0.717, 1.165) is 12.1 Å². The van der Waals surface area contributed by atoms with Gasteiger partial charge in [0.15, 0.2) is 17.3 Å². The Morgan fingerprint density at radius 1 is 1.11 bits per heavy atom. The normalized spacial score (nSPS) is 13.1. The second-order valence-corrected chi connectivity index (χ2v) is 9.43. The summed E-state index contributed by atoms with van der Waals surface area (Å²) in [5.74, 6) is -4.37. The molecule has 0 aliphatic heterocycles. The van der Waals surface area contributed by atoms with Crippen molar-refractivity contribution in [2.45, 2.75) is 17.7 Å². The van der Waals surface area contributed by atoms with Crippen LogP contribution in [0.5, 0.6) is 17.4 Å². The van der Waals surface area contributed by atoms with Gasteiger partial charge in [-0.05, 0) is 36.4 Å². The van der Waals surface area contributed by atoms with Crippen LogP contribution in [0.1, 0.15) is 16.1 Å². The number of rotatable bonds is 7. The Balaban J connectivity index is 1.98. The summed E-state index contributed by atoms with van der Waals surface area (Å²) in [6.07, 6.45) is -3.62. The molecule has 0 radical (unpaired) electrons. The number of nitrogens with one attached hydrogen (secondary N) is 1. The molecular formula is C21H16F6N4O4S. The van der Waals surface area contributed by atoms with Gasteiger partial charge in [0.1, 0.15) is 11.3 Å². The molecule has 0 aliphatic carbocycles. The molecular weight excluding hydrogens is 518 g/mol. The summed E-state index contributed by atoms with van der Waals surface area (Å²) in [7, 11) is -1.45. The van der Waals surface area contributed by atoms with E-state index in [0.29, 0.717) is 12.1 Å². The molecule has 15 heteroatoms. The molecule has 2 aromatic carbocycles. The van der Waals surface area contributed by atoms with Crippen LogP contribution in [0, 0.1) is 5.82 Å². The Labute approximate surface area is 200 Å². The molecule has 3 rings (SSSR count). The van der Waals surface area contributed by atoms with Gasteiger partial charge < -0.3 is 14.8 Å². The molecule has 3 aromatic rings. The molecule has 0 saturated carbocycles. The standard InChI is InChI=1S/C21H16F6N4O4S/c1-28-36(2,33)13-5-3-4-11(8-13)29-18(32)14-10-17(21(25,26)27)30-31-19(14)35-16-7-6-12(9-15(16)22)34-20(23)24/h3-10,20H,1-2H3,(H,29,32). The summed E-state index contributed by atoms with van der Waals surface area (Å²) < 4.78 is 104. The summed E-state index contributed by atoms with van der Waals surface area (Å²) in [6, 6.07) is 8.28. The number of carbonyl (C=O) groups excluding carboxylic acids is 1. The highest BCUT2D eigenvalue weighted by atomic mass is 32.2. The van der Waals surface area contributed by atoms with Gasteiger partial charge in [0.2, 0.25) is 0 Å². The van der Waals surface area contributed by atoms with Crippen molar-refractivity contribution >= 4 is 21.3 Å². The Morgan fingerprint density at radius 3 is 2.44 bits per heavy atom. The van der Waals surface area contributed by atoms with E-state index < -0.39 is 62.9 Å². The lowest BCUT2D eigenvalue weighted by atomic mass is 10.2. The molecule has 0 fully saturated rings. The fourth-order valence-corrected chi connectivity index (χ4v) is 3.60. The van der Waals surface area contributed by atoms with E-state index >= 15 is 0 Å². The van der Waals surface area contributed by atoms with E-state index in [1.165, 1.54) is 37.6 Å². The van der Waals surface area contributed by atoms with Gasteiger partial charge in [0.25, 0.3) is 11.8 Å². The van der Waals surface area contributed by atoms with Gasteiger partial charge in [0.05, 0.1) is 9.73 Å².